The maximum absolute atomic E-state index is 11.8. The number of ether oxygens (including phenoxy) is 1. The van der Waals surface area contributed by atoms with E-state index in [0.29, 0.717) is 5.69 Å². The van der Waals surface area contributed by atoms with E-state index in [1.807, 2.05) is 44.2 Å². The molecule has 0 spiro atoms. The molecule has 0 aliphatic carbocycles. The van der Waals surface area contributed by atoms with E-state index >= 15 is 0 Å². The molecule has 0 unspecified atom stereocenters. The van der Waals surface area contributed by atoms with E-state index in [1.54, 1.807) is 19.4 Å². The number of nitrogens with one attached hydrogen (secondary N) is 2. The van der Waals surface area contributed by atoms with Gasteiger partial charge in [-0.1, -0.05) is 12.1 Å². The second-order valence-electron chi connectivity index (χ2n) is 4.89. The van der Waals surface area contributed by atoms with Gasteiger partial charge in [0.2, 0.25) is 0 Å². The number of aromatic nitrogens is 1. The van der Waals surface area contributed by atoms with Crippen LogP contribution < -0.4 is 15.4 Å². The van der Waals surface area contributed by atoms with E-state index in [-0.39, 0.29) is 11.9 Å². The number of hydrogen-bond acceptors (Lipinski definition) is 4. The molecule has 0 aliphatic rings. The summed E-state index contributed by atoms with van der Waals surface area (Å²) >= 11 is 0. The first-order chi connectivity index (χ1) is 10.1. The lowest BCUT2D eigenvalue weighted by molar-refractivity contribution is 0.0938. The van der Waals surface area contributed by atoms with Gasteiger partial charge >= 0.3 is 0 Å². The van der Waals surface area contributed by atoms with Crippen LogP contribution in [0.5, 0.6) is 5.75 Å². The van der Waals surface area contributed by atoms with Crippen molar-refractivity contribution in [2.45, 2.75) is 19.9 Å². The highest BCUT2D eigenvalue weighted by atomic mass is 16.5. The molecule has 0 fully saturated rings. The molecule has 0 saturated carbocycles. The van der Waals surface area contributed by atoms with Crippen molar-refractivity contribution in [3.8, 4) is 5.75 Å². The van der Waals surface area contributed by atoms with Gasteiger partial charge in [0.25, 0.3) is 5.91 Å². The number of rotatable bonds is 5. The lowest BCUT2D eigenvalue weighted by atomic mass is 10.2. The van der Waals surface area contributed by atoms with E-state index in [1.165, 1.54) is 0 Å². The van der Waals surface area contributed by atoms with Crippen LogP contribution in [0, 0.1) is 0 Å². The third-order valence-electron chi connectivity index (χ3n) is 2.80. The summed E-state index contributed by atoms with van der Waals surface area (Å²) in [6, 6.07) is 11.2. The smallest absolute Gasteiger partial charge is 0.270 e. The molecule has 1 amide bonds. The second kappa shape index (κ2) is 6.74. The maximum atomic E-state index is 11.8. The minimum absolute atomic E-state index is 0.0886. The van der Waals surface area contributed by atoms with Crippen molar-refractivity contribution in [1.82, 2.24) is 10.3 Å². The van der Waals surface area contributed by atoms with E-state index in [9.17, 15) is 4.79 Å². The SMILES string of the molecule is COc1ccccc1Nc1ccc(C(=O)NC(C)C)nc1. The highest BCUT2D eigenvalue weighted by Crippen LogP contribution is 2.26. The van der Waals surface area contributed by atoms with Crippen molar-refractivity contribution in [3.63, 3.8) is 0 Å². The Morgan fingerprint density at radius 3 is 2.57 bits per heavy atom. The van der Waals surface area contributed by atoms with Crippen molar-refractivity contribution in [3.05, 3.63) is 48.3 Å². The van der Waals surface area contributed by atoms with Gasteiger partial charge in [-0.25, -0.2) is 4.98 Å². The predicted molar refractivity (Wildman–Crippen MR) is 83.1 cm³/mol. The largest absolute Gasteiger partial charge is 0.495 e. The Balaban J connectivity index is 2.11. The summed E-state index contributed by atoms with van der Waals surface area (Å²) in [5.41, 5.74) is 2.04. The summed E-state index contributed by atoms with van der Waals surface area (Å²) in [7, 11) is 1.62. The number of benzene rings is 1. The van der Waals surface area contributed by atoms with Gasteiger partial charge in [0.05, 0.1) is 24.7 Å². The van der Waals surface area contributed by atoms with Crippen LogP contribution in [-0.2, 0) is 0 Å². The van der Waals surface area contributed by atoms with Crippen LogP contribution in [0.4, 0.5) is 11.4 Å². The number of anilines is 2. The Morgan fingerprint density at radius 2 is 1.95 bits per heavy atom. The molecule has 0 atom stereocenters. The van der Waals surface area contributed by atoms with Gasteiger partial charge in [-0.15, -0.1) is 0 Å². The van der Waals surface area contributed by atoms with Crippen molar-refractivity contribution < 1.29 is 9.53 Å². The Hall–Kier alpha value is -2.56. The van der Waals surface area contributed by atoms with Crippen LogP contribution >= 0.6 is 0 Å². The molecule has 2 rings (SSSR count). The molecule has 2 N–H and O–H groups in total. The minimum atomic E-state index is -0.172. The van der Waals surface area contributed by atoms with Crippen molar-refractivity contribution in [2.24, 2.45) is 0 Å². The highest BCUT2D eigenvalue weighted by Gasteiger charge is 2.08. The first-order valence-corrected chi connectivity index (χ1v) is 6.77. The number of pyridine rings is 1. The number of amides is 1. The van der Waals surface area contributed by atoms with Crippen LogP contribution in [0.1, 0.15) is 24.3 Å². The molecule has 5 nitrogen and oxygen atoms in total. The van der Waals surface area contributed by atoms with Crippen LogP contribution in [0.15, 0.2) is 42.6 Å². The molecule has 0 radical (unpaired) electrons. The molecule has 0 aliphatic heterocycles. The Morgan fingerprint density at radius 1 is 1.19 bits per heavy atom. The third kappa shape index (κ3) is 3.95. The fraction of sp³-hybridized carbons (Fsp3) is 0.250. The van der Waals surface area contributed by atoms with Crippen molar-refractivity contribution >= 4 is 17.3 Å². The summed E-state index contributed by atoms with van der Waals surface area (Å²) in [6.45, 7) is 3.82. The van der Waals surface area contributed by atoms with E-state index < -0.39 is 0 Å². The summed E-state index contributed by atoms with van der Waals surface area (Å²) in [5.74, 6) is 0.577. The van der Waals surface area contributed by atoms with E-state index in [2.05, 4.69) is 15.6 Å². The van der Waals surface area contributed by atoms with Gasteiger partial charge in [-0.05, 0) is 38.1 Å². The van der Waals surface area contributed by atoms with Crippen molar-refractivity contribution in [2.75, 3.05) is 12.4 Å². The zero-order valence-corrected chi connectivity index (χ0v) is 12.4. The van der Waals surface area contributed by atoms with E-state index in [0.717, 1.165) is 17.1 Å². The third-order valence-corrected chi connectivity index (χ3v) is 2.80. The summed E-state index contributed by atoms with van der Waals surface area (Å²) in [5, 5.41) is 6.02. The standard InChI is InChI=1S/C16H19N3O2/c1-11(2)18-16(20)14-9-8-12(10-17-14)19-13-6-4-5-7-15(13)21-3/h4-11,19H,1-3H3,(H,18,20). The number of hydrogen-bond donors (Lipinski definition) is 2. The molecule has 0 saturated heterocycles. The average Bonchev–Trinajstić information content (AvgIpc) is 2.48. The fourth-order valence-corrected chi connectivity index (χ4v) is 1.84. The number of carbonyl (C=O) groups excluding carboxylic acids is 1. The van der Waals surface area contributed by atoms with Gasteiger partial charge in [0, 0.05) is 6.04 Å². The molecule has 5 heteroatoms. The van der Waals surface area contributed by atoms with Crippen molar-refractivity contribution in [1.29, 1.82) is 0 Å². The molecular weight excluding hydrogens is 266 g/mol. The minimum Gasteiger partial charge on any atom is -0.495 e. The normalized spacial score (nSPS) is 10.3. The molecule has 1 aromatic heterocycles. The lowest BCUT2D eigenvalue weighted by Gasteiger charge is -2.11. The van der Waals surface area contributed by atoms with Crippen LogP contribution in [-0.4, -0.2) is 24.0 Å². The second-order valence-corrected chi connectivity index (χ2v) is 4.89. The van der Waals surface area contributed by atoms with Crippen LogP contribution in [0.3, 0.4) is 0 Å². The highest BCUT2D eigenvalue weighted by molar-refractivity contribution is 5.92. The molecule has 21 heavy (non-hydrogen) atoms. The number of methoxy groups -OCH3 is 1. The summed E-state index contributed by atoms with van der Waals surface area (Å²) in [6.07, 6.45) is 1.63. The first-order valence-electron chi connectivity index (χ1n) is 6.77. The molecule has 110 valence electrons. The lowest BCUT2D eigenvalue weighted by Crippen LogP contribution is -2.30. The number of para-hydroxylation sites is 2. The van der Waals surface area contributed by atoms with Gasteiger partial charge < -0.3 is 15.4 Å². The first kappa shape index (κ1) is 14.8. The predicted octanol–water partition coefficient (Wildman–Crippen LogP) is 2.97. The summed E-state index contributed by atoms with van der Waals surface area (Å²) < 4.78 is 5.28. The Labute approximate surface area is 124 Å². The van der Waals surface area contributed by atoms with E-state index in [4.69, 9.17) is 4.74 Å². The molecule has 1 heterocycles. The maximum Gasteiger partial charge on any atom is 0.270 e. The van der Waals surface area contributed by atoms with Gasteiger partial charge in [0.15, 0.2) is 0 Å². The topological polar surface area (TPSA) is 63.2 Å². The number of carbonyl (C=O) groups is 1. The zero-order valence-electron chi connectivity index (χ0n) is 12.4. The monoisotopic (exact) mass is 285 g/mol. The molecule has 1 aromatic carbocycles. The summed E-state index contributed by atoms with van der Waals surface area (Å²) in [4.78, 5) is 16.0. The fourth-order valence-electron chi connectivity index (χ4n) is 1.84. The van der Waals surface area contributed by atoms with Gasteiger partial charge in [-0.2, -0.15) is 0 Å². The van der Waals surface area contributed by atoms with Gasteiger partial charge in [0.1, 0.15) is 11.4 Å². The molecule has 2 aromatic rings. The quantitative estimate of drug-likeness (QED) is 0.886. The molecule has 0 bridgehead atoms. The Kier molecular flexibility index (Phi) is 4.77. The van der Waals surface area contributed by atoms with Gasteiger partial charge in [-0.3, -0.25) is 4.79 Å². The Bertz CT molecular complexity index is 609. The zero-order chi connectivity index (χ0) is 15.2. The van der Waals surface area contributed by atoms with Crippen LogP contribution in [0.25, 0.3) is 0 Å². The number of nitrogens with zero attached hydrogens (tertiary/aromatic N) is 1. The van der Waals surface area contributed by atoms with Crippen LogP contribution in [0.2, 0.25) is 0 Å². The molecular formula is C16H19N3O2. The average molecular weight is 285 g/mol.